The topological polar surface area (TPSA) is 71.1 Å². The largest absolute Gasteiger partial charge is 0.310 e. The van der Waals surface area contributed by atoms with Gasteiger partial charge < -0.3 is 5.32 Å². The van der Waals surface area contributed by atoms with E-state index in [4.69, 9.17) is 0 Å². The lowest BCUT2D eigenvalue weighted by Gasteiger charge is -2.12. The van der Waals surface area contributed by atoms with Gasteiger partial charge >= 0.3 is 0 Å². The zero-order valence-electron chi connectivity index (χ0n) is 12.3. The Bertz CT molecular complexity index is 709. The number of sulfonamides is 1. The predicted molar refractivity (Wildman–Crippen MR) is 86.1 cm³/mol. The molecule has 0 amide bonds. The molecule has 114 valence electrons. The number of hydrogen-bond donors (Lipinski definition) is 2. The Balaban J connectivity index is 2.24. The molecule has 2 heterocycles. The van der Waals surface area contributed by atoms with Gasteiger partial charge in [-0.25, -0.2) is 8.42 Å². The summed E-state index contributed by atoms with van der Waals surface area (Å²) in [6.45, 7) is 6.36. The summed E-state index contributed by atoms with van der Waals surface area (Å²) in [5.41, 5.74) is 1.16. The van der Waals surface area contributed by atoms with Crippen LogP contribution in [0.4, 0.5) is 5.69 Å². The molecular weight excluding hydrogens is 306 g/mol. The molecule has 7 heteroatoms. The molecule has 0 aliphatic heterocycles. The van der Waals surface area contributed by atoms with Crippen LogP contribution in [0.3, 0.4) is 0 Å². The first-order chi connectivity index (χ1) is 9.90. The summed E-state index contributed by atoms with van der Waals surface area (Å²) < 4.78 is 27.6. The van der Waals surface area contributed by atoms with Crippen LogP contribution in [0.25, 0.3) is 0 Å². The van der Waals surface area contributed by atoms with Crippen molar-refractivity contribution in [1.82, 2.24) is 10.3 Å². The molecule has 0 aliphatic carbocycles. The molecule has 0 spiro atoms. The molecule has 0 atom stereocenters. The number of aromatic nitrogens is 1. The third kappa shape index (κ3) is 4.03. The number of aryl methyl sites for hydroxylation is 1. The summed E-state index contributed by atoms with van der Waals surface area (Å²) in [5, 5.41) is 5.04. The summed E-state index contributed by atoms with van der Waals surface area (Å²) in [4.78, 5) is 5.22. The molecule has 2 aromatic heterocycles. The van der Waals surface area contributed by atoms with Crippen molar-refractivity contribution in [1.29, 1.82) is 0 Å². The molecule has 0 radical (unpaired) electrons. The van der Waals surface area contributed by atoms with Crippen molar-refractivity contribution in [3.63, 3.8) is 0 Å². The van der Waals surface area contributed by atoms with Gasteiger partial charge in [-0.2, -0.15) is 0 Å². The van der Waals surface area contributed by atoms with Crippen LogP contribution in [-0.2, 0) is 16.6 Å². The highest BCUT2D eigenvalue weighted by molar-refractivity contribution is 7.93. The summed E-state index contributed by atoms with van der Waals surface area (Å²) >= 11 is 1.44. The summed E-state index contributed by atoms with van der Waals surface area (Å²) in [6.07, 6.45) is 1.63. The van der Waals surface area contributed by atoms with Gasteiger partial charge in [0.1, 0.15) is 4.90 Å². The highest BCUT2D eigenvalue weighted by Crippen LogP contribution is 2.25. The highest BCUT2D eigenvalue weighted by Gasteiger charge is 2.20. The molecular formula is C14H19N3O2S2. The number of nitrogens with zero attached hydrogens (tertiary/aromatic N) is 1. The number of rotatable bonds is 6. The smallest absolute Gasteiger partial charge is 0.263 e. The van der Waals surface area contributed by atoms with E-state index in [-0.39, 0.29) is 0 Å². The SMILES string of the molecule is Cc1ncccc1NS(=O)(=O)c1ccsc1CNC(C)C. The van der Waals surface area contributed by atoms with Crippen LogP contribution in [0, 0.1) is 6.92 Å². The zero-order valence-corrected chi connectivity index (χ0v) is 13.9. The van der Waals surface area contributed by atoms with Gasteiger partial charge in [-0.15, -0.1) is 11.3 Å². The number of thiophene rings is 1. The Morgan fingerprint density at radius 3 is 2.76 bits per heavy atom. The van der Waals surface area contributed by atoms with E-state index >= 15 is 0 Å². The molecule has 0 saturated heterocycles. The van der Waals surface area contributed by atoms with E-state index in [2.05, 4.69) is 15.0 Å². The second-order valence-corrected chi connectivity index (χ2v) is 7.64. The maximum absolute atomic E-state index is 12.5. The predicted octanol–water partition coefficient (Wildman–Crippen LogP) is 2.75. The van der Waals surface area contributed by atoms with Gasteiger partial charge in [0.05, 0.1) is 11.4 Å². The van der Waals surface area contributed by atoms with E-state index in [1.807, 2.05) is 13.8 Å². The van der Waals surface area contributed by atoms with Crippen LogP contribution in [-0.4, -0.2) is 19.4 Å². The van der Waals surface area contributed by atoms with Crippen molar-refractivity contribution < 1.29 is 8.42 Å². The monoisotopic (exact) mass is 325 g/mol. The first-order valence-corrected chi connectivity index (χ1v) is 9.00. The average molecular weight is 325 g/mol. The van der Waals surface area contributed by atoms with E-state index in [0.29, 0.717) is 28.9 Å². The molecule has 0 unspecified atom stereocenters. The van der Waals surface area contributed by atoms with Gasteiger partial charge in [0.2, 0.25) is 0 Å². The lowest BCUT2D eigenvalue weighted by atomic mass is 10.3. The van der Waals surface area contributed by atoms with E-state index in [1.54, 1.807) is 36.7 Å². The summed E-state index contributed by atoms with van der Waals surface area (Å²) in [5.74, 6) is 0. The minimum absolute atomic E-state index is 0.302. The standard InChI is InChI=1S/C14H19N3O2S2/c1-10(2)16-9-13-14(6-8-20-13)21(18,19)17-12-5-4-7-15-11(12)3/h4-8,10,16-17H,9H2,1-3H3. The van der Waals surface area contributed by atoms with Crippen LogP contribution in [0.1, 0.15) is 24.4 Å². The number of pyridine rings is 1. The first kappa shape index (κ1) is 15.9. The van der Waals surface area contributed by atoms with Gasteiger partial charge in [-0.05, 0) is 30.5 Å². The van der Waals surface area contributed by atoms with Gasteiger partial charge in [-0.1, -0.05) is 13.8 Å². The summed E-state index contributed by atoms with van der Waals surface area (Å²) in [6, 6.07) is 5.35. The molecule has 0 saturated carbocycles. The second kappa shape index (κ2) is 6.55. The molecule has 2 N–H and O–H groups in total. The fraction of sp³-hybridized carbons (Fsp3) is 0.357. The van der Waals surface area contributed by atoms with Crippen molar-refractivity contribution in [2.45, 2.75) is 38.3 Å². The normalized spacial score (nSPS) is 11.8. The van der Waals surface area contributed by atoms with Crippen molar-refractivity contribution in [2.75, 3.05) is 4.72 Å². The van der Waals surface area contributed by atoms with Gasteiger partial charge in [0, 0.05) is 23.7 Å². The van der Waals surface area contributed by atoms with Crippen LogP contribution >= 0.6 is 11.3 Å². The molecule has 2 aromatic rings. The van der Waals surface area contributed by atoms with Crippen molar-refractivity contribution in [3.8, 4) is 0 Å². The third-order valence-electron chi connectivity index (χ3n) is 2.92. The lowest BCUT2D eigenvalue weighted by molar-refractivity contribution is 0.581. The van der Waals surface area contributed by atoms with E-state index in [1.165, 1.54) is 11.3 Å². The molecule has 0 aromatic carbocycles. The van der Waals surface area contributed by atoms with Crippen LogP contribution < -0.4 is 10.0 Å². The third-order valence-corrected chi connectivity index (χ3v) is 5.42. The summed E-state index contributed by atoms with van der Waals surface area (Å²) in [7, 11) is -3.59. The van der Waals surface area contributed by atoms with Crippen LogP contribution in [0.15, 0.2) is 34.7 Å². The molecule has 21 heavy (non-hydrogen) atoms. The molecule has 0 fully saturated rings. The number of hydrogen-bond acceptors (Lipinski definition) is 5. The minimum Gasteiger partial charge on any atom is -0.310 e. The number of nitrogens with one attached hydrogen (secondary N) is 2. The van der Waals surface area contributed by atoms with Crippen molar-refractivity contribution in [3.05, 3.63) is 40.3 Å². The van der Waals surface area contributed by atoms with E-state index in [0.717, 1.165) is 4.88 Å². The van der Waals surface area contributed by atoms with E-state index < -0.39 is 10.0 Å². The Morgan fingerprint density at radius 2 is 2.10 bits per heavy atom. The first-order valence-electron chi connectivity index (χ1n) is 6.64. The van der Waals surface area contributed by atoms with Crippen molar-refractivity contribution >= 4 is 27.0 Å². The minimum atomic E-state index is -3.59. The van der Waals surface area contributed by atoms with Gasteiger partial charge in [0.25, 0.3) is 10.0 Å². The van der Waals surface area contributed by atoms with Crippen LogP contribution in [0.5, 0.6) is 0 Å². The number of anilines is 1. The molecule has 0 bridgehead atoms. The fourth-order valence-electron chi connectivity index (χ4n) is 1.79. The fourth-order valence-corrected chi connectivity index (χ4v) is 4.30. The lowest BCUT2D eigenvalue weighted by Crippen LogP contribution is -2.23. The zero-order chi connectivity index (χ0) is 15.5. The Morgan fingerprint density at radius 1 is 1.33 bits per heavy atom. The Hall–Kier alpha value is -1.44. The average Bonchev–Trinajstić information content (AvgIpc) is 2.88. The van der Waals surface area contributed by atoms with E-state index in [9.17, 15) is 8.42 Å². The second-order valence-electron chi connectivity index (χ2n) is 4.99. The van der Waals surface area contributed by atoms with Crippen LogP contribution in [0.2, 0.25) is 0 Å². The molecule has 2 rings (SSSR count). The molecule has 0 aliphatic rings. The highest BCUT2D eigenvalue weighted by atomic mass is 32.2. The quantitative estimate of drug-likeness (QED) is 0.857. The Labute approximate surface area is 129 Å². The Kier molecular flexibility index (Phi) is 4.97. The maximum atomic E-state index is 12.5. The molecule has 5 nitrogen and oxygen atoms in total. The van der Waals surface area contributed by atoms with Crippen molar-refractivity contribution in [2.24, 2.45) is 0 Å². The maximum Gasteiger partial charge on any atom is 0.263 e. The van der Waals surface area contributed by atoms with Gasteiger partial charge in [-0.3, -0.25) is 9.71 Å². The van der Waals surface area contributed by atoms with Gasteiger partial charge in [0.15, 0.2) is 0 Å².